The highest BCUT2D eigenvalue weighted by Gasteiger charge is 2.08. The highest BCUT2D eigenvalue weighted by molar-refractivity contribution is 5.22. The van der Waals surface area contributed by atoms with Gasteiger partial charge in [0.05, 0.1) is 18.8 Å². The van der Waals surface area contributed by atoms with E-state index >= 15 is 0 Å². The molecule has 2 heteroatoms. The van der Waals surface area contributed by atoms with E-state index in [1.165, 1.54) is 0 Å². The fraction of sp³-hybridized carbons (Fsp3) is 0.444. The molecule has 1 heterocycles. The van der Waals surface area contributed by atoms with E-state index in [0.29, 0.717) is 12.3 Å². The molecule has 0 saturated heterocycles. The van der Waals surface area contributed by atoms with E-state index in [-0.39, 0.29) is 0 Å². The Morgan fingerprint density at radius 1 is 1.64 bits per heavy atom. The molecule has 1 aromatic heterocycles. The average molecular weight is 149 g/mol. The fourth-order valence-electron chi connectivity index (χ4n) is 1.08. The molecule has 58 valence electrons. The molecule has 0 atom stereocenters. The lowest BCUT2D eigenvalue weighted by atomic mass is 10.0. The van der Waals surface area contributed by atoms with Crippen LogP contribution in [0.3, 0.4) is 0 Å². The van der Waals surface area contributed by atoms with Crippen molar-refractivity contribution < 1.29 is 4.42 Å². The summed E-state index contributed by atoms with van der Waals surface area (Å²) >= 11 is 0. The standard InChI is InChI=1S/C9H11NO/c1-7(2)8-4-6-11-9(8)3-5-10/h4,6-7H,3H2,1-2H3. The molecule has 0 aliphatic carbocycles. The zero-order valence-electron chi connectivity index (χ0n) is 6.79. The van der Waals surface area contributed by atoms with Crippen LogP contribution in [0, 0.1) is 11.3 Å². The van der Waals surface area contributed by atoms with Gasteiger partial charge in [0.2, 0.25) is 0 Å². The number of hydrogen-bond donors (Lipinski definition) is 0. The van der Waals surface area contributed by atoms with Crippen LogP contribution in [-0.4, -0.2) is 0 Å². The van der Waals surface area contributed by atoms with Crippen LogP contribution in [0.15, 0.2) is 16.7 Å². The molecule has 0 amide bonds. The minimum atomic E-state index is 0.376. The second kappa shape index (κ2) is 3.25. The monoisotopic (exact) mass is 149 g/mol. The van der Waals surface area contributed by atoms with Crippen molar-refractivity contribution in [2.75, 3.05) is 0 Å². The van der Waals surface area contributed by atoms with Crippen LogP contribution in [0.5, 0.6) is 0 Å². The topological polar surface area (TPSA) is 36.9 Å². The zero-order chi connectivity index (χ0) is 8.27. The first-order valence-electron chi connectivity index (χ1n) is 3.69. The number of furan rings is 1. The molecule has 0 unspecified atom stereocenters. The van der Waals surface area contributed by atoms with Gasteiger partial charge in [-0.05, 0) is 17.5 Å². The van der Waals surface area contributed by atoms with Crippen LogP contribution in [0.4, 0.5) is 0 Å². The Hall–Kier alpha value is -1.23. The Labute approximate surface area is 66.4 Å². The smallest absolute Gasteiger partial charge is 0.121 e. The van der Waals surface area contributed by atoms with Gasteiger partial charge in [0.1, 0.15) is 5.76 Å². The van der Waals surface area contributed by atoms with Crippen molar-refractivity contribution in [1.82, 2.24) is 0 Å². The van der Waals surface area contributed by atoms with Crippen LogP contribution >= 0.6 is 0 Å². The van der Waals surface area contributed by atoms with E-state index in [1.807, 2.05) is 6.07 Å². The molecule has 11 heavy (non-hydrogen) atoms. The molecule has 0 bridgehead atoms. The minimum absolute atomic E-state index is 0.376. The lowest BCUT2D eigenvalue weighted by molar-refractivity contribution is 0.517. The summed E-state index contributed by atoms with van der Waals surface area (Å²) in [7, 11) is 0. The molecular formula is C9H11NO. The molecule has 0 fully saturated rings. The predicted octanol–water partition coefficient (Wildman–Crippen LogP) is 2.47. The number of nitrogens with zero attached hydrogens (tertiary/aromatic N) is 1. The number of hydrogen-bond acceptors (Lipinski definition) is 2. The third-order valence-corrected chi connectivity index (χ3v) is 1.64. The van der Waals surface area contributed by atoms with E-state index in [1.54, 1.807) is 6.26 Å². The van der Waals surface area contributed by atoms with Crippen molar-refractivity contribution in [3.05, 3.63) is 23.7 Å². The number of nitriles is 1. The summed E-state index contributed by atoms with van der Waals surface area (Å²) in [5.74, 6) is 1.25. The van der Waals surface area contributed by atoms with Gasteiger partial charge in [0.15, 0.2) is 0 Å². The Bertz CT molecular complexity index is 267. The highest BCUT2D eigenvalue weighted by Crippen LogP contribution is 2.20. The Morgan fingerprint density at radius 3 is 2.91 bits per heavy atom. The summed E-state index contributed by atoms with van der Waals surface area (Å²) in [6.45, 7) is 4.18. The van der Waals surface area contributed by atoms with Gasteiger partial charge in [-0.3, -0.25) is 0 Å². The quantitative estimate of drug-likeness (QED) is 0.647. The van der Waals surface area contributed by atoms with Crippen LogP contribution in [0.1, 0.15) is 31.1 Å². The maximum absolute atomic E-state index is 8.43. The lowest BCUT2D eigenvalue weighted by Gasteiger charge is -2.01. The lowest BCUT2D eigenvalue weighted by Crippen LogP contribution is -1.89. The van der Waals surface area contributed by atoms with Crippen LogP contribution in [-0.2, 0) is 6.42 Å². The largest absolute Gasteiger partial charge is 0.468 e. The van der Waals surface area contributed by atoms with Gasteiger partial charge < -0.3 is 4.42 Å². The van der Waals surface area contributed by atoms with Gasteiger partial charge in [0, 0.05) is 0 Å². The van der Waals surface area contributed by atoms with Gasteiger partial charge in [-0.1, -0.05) is 13.8 Å². The summed E-state index contributed by atoms with van der Waals surface area (Å²) in [6, 6.07) is 4.00. The molecule has 0 saturated carbocycles. The molecular weight excluding hydrogens is 138 g/mol. The van der Waals surface area contributed by atoms with Crippen molar-refractivity contribution in [3.63, 3.8) is 0 Å². The van der Waals surface area contributed by atoms with E-state index in [9.17, 15) is 0 Å². The molecule has 2 nitrogen and oxygen atoms in total. The second-order valence-corrected chi connectivity index (χ2v) is 2.79. The van der Waals surface area contributed by atoms with Crippen molar-refractivity contribution >= 4 is 0 Å². The highest BCUT2D eigenvalue weighted by atomic mass is 16.3. The maximum Gasteiger partial charge on any atom is 0.121 e. The molecule has 0 radical (unpaired) electrons. The Kier molecular flexibility index (Phi) is 2.32. The third kappa shape index (κ3) is 1.62. The first-order valence-corrected chi connectivity index (χ1v) is 3.69. The first-order chi connectivity index (χ1) is 5.25. The van der Waals surface area contributed by atoms with Crippen molar-refractivity contribution in [2.24, 2.45) is 0 Å². The van der Waals surface area contributed by atoms with E-state index in [4.69, 9.17) is 9.68 Å². The molecule has 0 N–H and O–H groups in total. The molecule has 0 spiro atoms. The van der Waals surface area contributed by atoms with Crippen LogP contribution in [0.2, 0.25) is 0 Å². The molecule has 0 aliphatic rings. The fourth-order valence-corrected chi connectivity index (χ4v) is 1.08. The first kappa shape index (κ1) is 7.87. The zero-order valence-corrected chi connectivity index (χ0v) is 6.79. The summed E-state index contributed by atoms with van der Waals surface area (Å²) in [6.07, 6.45) is 2.02. The van der Waals surface area contributed by atoms with Gasteiger partial charge in [0.25, 0.3) is 0 Å². The summed E-state index contributed by atoms with van der Waals surface area (Å²) in [5.41, 5.74) is 1.14. The maximum atomic E-state index is 8.43. The summed E-state index contributed by atoms with van der Waals surface area (Å²) < 4.78 is 5.14. The summed E-state index contributed by atoms with van der Waals surface area (Å²) in [4.78, 5) is 0. The molecule has 1 rings (SSSR count). The molecule has 0 aliphatic heterocycles. The SMILES string of the molecule is CC(C)c1ccoc1CC#N. The normalized spacial score (nSPS) is 10.0. The van der Waals surface area contributed by atoms with Gasteiger partial charge in [-0.25, -0.2) is 0 Å². The third-order valence-electron chi connectivity index (χ3n) is 1.64. The van der Waals surface area contributed by atoms with Crippen LogP contribution < -0.4 is 0 Å². The second-order valence-electron chi connectivity index (χ2n) is 2.79. The molecule has 0 aromatic carbocycles. The number of rotatable bonds is 2. The van der Waals surface area contributed by atoms with E-state index < -0.39 is 0 Å². The van der Waals surface area contributed by atoms with Crippen molar-refractivity contribution in [3.8, 4) is 6.07 Å². The Balaban J connectivity index is 2.89. The molecule has 1 aromatic rings. The van der Waals surface area contributed by atoms with Crippen LogP contribution in [0.25, 0.3) is 0 Å². The predicted molar refractivity (Wildman–Crippen MR) is 42.1 cm³/mol. The van der Waals surface area contributed by atoms with Gasteiger partial charge in [-0.2, -0.15) is 5.26 Å². The van der Waals surface area contributed by atoms with Gasteiger partial charge >= 0.3 is 0 Å². The van der Waals surface area contributed by atoms with Crippen molar-refractivity contribution in [1.29, 1.82) is 5.26 Å². The average Bonchev–Trinajstić information content (AvgIpc) is 2.36. The van der Waals surface area contributed by atoms with E-state index in [0.717, 1.165) is 11.3 Å². The Morgan fingerprint density at radius 2 is 2.36 bits per heavy atom. The van der Waals surface area contributed by atoms with Crippen molar-refractivity contribution in [2.45, 2.75) is 26.2 Å². The van der Waals surface area contributed by atoms with E-state index in [2.05, 4.69) is 19.9 Å². The minimum Gasteiger partial charge on any atom is -0.468 e. The van der Waals surface area contributed by atoms with Gasteiger partial charge in [-0.15, -0.1) is 0 Å². The summed E-state index contributed by atoms with van der Waals surface area (Å²) in [5, 5.41) is 8.43.